The predicted molar refractivity (Wildman–Crippen MR) is 103 cm³/mol. The van der Waals surface area contributed by atoms with Gasteiger partial charge in [-0.25, -0.2) is 9.37 Å². The molecule has 0 amide bonds. The molecule has 3 aromatic rings. The first-order valence-electron chi connectivity index (χ1n) is 7.41. The lowest BCUT2D eigenvalue weighted by Crippen LogP contribution is -2.11. The summed E-state index contributed by atoms with van der Waals surface area (Å²) in [4.78, 5) is 19.4. The standard InChI is InChI=1S/C18H13BrClFN2O3/c1-25-15-7-10-14(8-16(15)26-2)22-17(23-18(10)24)12(20)6-9-3-4-13(21)11(19)5-9/h3-8H,1-2H3,(H,22,23,24)/b12-6-. The number of hydrogen-bond donors (Lipinski definition) is 1. The average molecular weight is 440 g/mol. The fraction of sp³-hybridized carbons (Fsp3) is 0.111. The van der Waals surface area contributed by atoms with Crippen LogP contribution in [-0.4, -0.2) is 24.2 Å². The summed E-state index contributed by atoms with van der Waals surface area (Å²) >= 11 is 9.42. The van der Waals surface area contributed by atoms with Gasteiger partial charge in [0.15, 0.2) is 17.3 Å². The third kappa shape index (κ3) is 3.59. The van der Waals surface area contributed by atoms with E-state index in [0.29, 0.717) is 32.4 Å². The topological polar surface area (TPSA) is 64.2 Å². The minimum Gasteiger partial charge on any atom is -0.493 e. The number of benzene rings is 2. The van der Waals surface area contributed by atoms with Crippen LogP contribution in [0.2, 0.25) is 0 Å². The number of fused-ring (bicyclic) bond motifs is 1. The van der Waals surface area contributed by atoms with Crippen LogP contribution in [0.5, 0.6) is 11.5 Å². The fourth-order valence-electron chi connectivity index (χ4n) is 2.40. The largest absolute Gasteiger partial charge is 0.493 e. The lowest BCUT2D eigenvalue weighted by Gasteiger charge is -2.09. The van der Waals surface area contributed by atoms with E-state index in [-0.39, 0.29) is 22.2 Å². The molecule has 0 radical (unpaired) electrons. The van der Waals surface area contributed by atoms with Crippen LogP contribution in [0.1, 0.15) is 11.4 Å². The van der Waals surface area contributed by atoms with Gasteiger partial charge in [0.25, 0.3) is 5.56 Å². The number of nitrogens with zero attached hydrogens (tertiary/aromatic N) is 1. The highest BCUT2D eigenvalue weighted by Gasteiger charge is 2.12. The van der Waals surface area contributed by atoms with E-state index < -0.39 is 0 Å². The van der Waals surface area contributed by atoms with Gasteiger partial charge in [-0.2, -0.15) is 0 Å². The Hall–Kier alpha value is -2.38. The summed E-state index contributed by atoms with van der Waals surface area (Å²) in [5, 5.41) is 0.553. The zero-order valence-electron chi connectivity index (χ0n) is 13.8. The van der Waals surface area contributed by atoms with Crippen LogP contribution < -0.4 is 15.0 Å². The first kappa shape index (κ1) is 18.4. The Balaban J connectivity index is 2.11. The molecular formula is C18H13BrClFN2O3. The maximum atomic E-state index is 13.3. The second kappa shape index (κ2) is 7.47. The van der Waals surface area contributed by atoms with E-state index >= 15 is 0 Å². The Morgan fingerprint density at radius 2 is 1.92 bits per heavy atom. The van der Waals surface area contributed by atoms with Crippen molar-refractivity contribution in [1.82, 2.24) is 9.97 Å². The first-order chi connectivity index (χ1) is 12.4. The molecule has 0 fully saturated rings. The molecule has 1 aromatic heterocycles. The zero-order valence-corrected chi connectivity index (χ0v) is 16.1. The van der Waals surface area contributed by atoms with Crippen LogP contribution in [0.4, 0.5) is 4.39 Å². The van der Waals surface area contributed by atoms with Gasteiger partial charge in [-0.05, 0) is 45.8 Å². The number of aromatic amines is 1. The number of rotatable bonds is 4. The SMILES string of the molecule is COc1cc2nc(/C(Cl)=C/c3ccc(F)c(Br)c3)[nH]c(=O)c2cc1OC. The van der Waals surface area contributed by atoms with Crippen molar-refractivity contribution in [2.75, 3.05) is 14.2 Å². The Bertz CT molecular complexity index is 1080. The van der Waals surface area contributed by atoms with Crippen LogP contribution in [0.3, 0.4) is 0 Å². The molecule has 0 saturated carbocycles. The van der Waals surface area contributed by atoms with E-state index in [1.165, 1.54) is 20.3 Å². The van der Waals surface area contributed by atoms with Crippen LogP contribution in [-0.2, 0) is 0 Å². The van der Waals surface area contributed by atoms with E-state index in [4.69, 9.17) is 21.1 Å². The Morgan fingerprint density at radius 3 is 2.58 bits per heavy atom. The number of hydrogen-bond acceptors (Lipinski definition) is 4. The summed E-state index contributed by atoms with van der Waals surface area (Å²) in [6.07, 6.45) is 1.58. The van der Waals surface area contributed by atoms with Crippen molar-refractivity contribution in [1.29, 1.82) is 0 Å². The van der Waals surface area contributed by atoms with Crippen molar-refractivity contribution in [2.24, 2.45) is 0 Å². The minimum absolute atomic E-state index is 0.192. The second-order valence-corrected chi connectivity index (χ2v) is 6.57. The van der Waals surface area contributed by atoms with Gasteiger partial charge in [-0.3, -0.25) is 4.79 Å². The van der Waals surface area contributed by atoms with Crippen molar-refractivity contribution >= 4 is 49.5 Å². The smallest absolute Gasteiger partial charge is 0.259 e. The summed E-state index contributed by atoms with van der Waals surface area (Å²) in [6.45, 7) is 0. The predicted octanol–water partition coefficient (Wildman–Crippen LogP) is 4.58. The van der Waals surface area contributed by atoms with E-state index in [2.05, 4.69) is 25.9 Å². The van der Waals surface area contributed by atoms with Gasteiger partial charge in [-0.1, -0.05) is 17.7 Å². The number of nitrogens with one attached hydrogen (secondary N) is 1. The summed E-state index contributed by atoms with van der Waals surface area (Å²) < 4.78 is 24.1. The number of methoxy groups -OCH3 is 2. The number of aromatic nitrogens is 2. The number of ether oxygens (including phenoxy) is 2. The summed E-state index contributed by atoms with van der Waals surface area (Å²) in [5.74, 6) is 0.692. The van der Waals surface area contributed by atoms with E-state index in [9.17, 15) is 9.18 Å². The highest BCUT2D eigenvalue weighted by molar-refractivity contribution is 9.10. The quantitative estimate of drug-likeness (QED) is 0.646. The van der Waals surface area contributed by atoms with E-state index in [1.54, 1.807) is 30.3 Å². The van der Waals surface area contributed by atoms with Gasteiger partial charge in [0.1, 0.15) is 5.82 Å². The molecule has 0 saturated heterocycles. The van der Waals surface area contributed by atoms with Crippen LogP contribution >= 0.6 is 27.5 Å². The maximum Gasteiger partial charge on any atom is 0.259 e. The molecule has 26 heavy (non-hydrogen) atoms. The third-order valence-corrected chi connectivity index (χ3v) is 4.57. The molecule has 2 aromatic carbocycles. The molecule has 0 aliphatic heterocycles. The van der Waals surface area contributed by atoms with Gasteiger partial charge in [0.2, 0.25) is 0 Å². The van der Waals surface area contributed by atoms with Crippen LogP contribution in [0.15, 0.2) is 39.6 Å². The molecular weight excluding hydrogens is 427 g/mol. The molecule has 134 valence electrons. The molecule has 0 spiro atoms. The molecule has 0 atom stereocenters. The molecule has 0 bridgehead atoms. The molecule has 8 heteroatoms. The van der Waals surface area contributed by atoms with Crippen molar-refractivity contribution in [3.05, 3.63) is 62.4 Å². The first-order valence-corrected chi connectivity index (χ1v) is 8.58. The molecule has 0 aliphatic carbocycles. The molecule has 0 aliphatic rings. The van der Waals surface area contributed by atoms with E-state index in [0.717, 1.165) is 0 Å². The molecule has 3 rings (SSSR count). The Labute approximate surface area is 161 Å². The van der Waals surface area contributed by atoms with Crippen molar-refractivity contribution in [3.8, 4) is 11.5 Å². The number of H-pyrrole nitrogens is 1. The normalized spacial score (nSPS) is 11.7. The van der Waals surface area contributed by atoms with Gasteiger partial charge >= 0.3 is 0 Å². The average Bonchev–Trinajstić information content (AvgIpc) is 2.63. The molecule has 0 unspecified atom stereocenters. The number of halogens is 3. The summed E-state index contributed by atoms with van der Waals surface area (Å²) in [6, 6.07) is 7.61. The Kier molecular flexibility index (Phi) is 5.29. The van der Waals surface area contributed by atoms with Gasteiger partial charge in [0, 0.05) is 6.07 Å². The van der Waals surface area contributed by atoms with Crippen molar-refractivity contribution in [2.45, 2.75) is 0 Å². The molecule has 1 N–H and O–H groups in total. The van der Waals surface area contributed by atoms with Crippen molar-refractivity contribution in [3.63, 3.8) is 0 Å². The third-order valence-electron chi connectivity index (χ3n) is 3.67. The van der Waals surface area contributed by atoms with Crippen LogP contribution in [0.25, 0.3) is 22.0 Å². The van der Waals surface area contributed by atoms with Gasteiger partial charge in [-0.15, -0.1) is 0 Å². The monoisotopic (exact) mass is 438 g/mol. The summed E-state index contributed by atoms with van der Waals surface area (Å²) in [7, 11) is 2.98. The van der Waals surface area contributed by atoms with Gasteiger partial charge in [0.05, 0.1) is 34.6 Å². The second-order valence-electron chi connectivity index (χ2n) is 5.30. The lowest BCUT2D eigenvalue weighted by molar-refractivity contribution is 0.355. The van der Waals surface area contributed by atoms with Crippen molar-refractivity contribution < 1.29 is 13.9 Å². The maximum absolute atomic E-state index is 13.3. The zero-order chi connectivity index (χ0) is 18.8. The highest BCUT2D eigenvalue weighted by Crippen LogP contribution is 2.31. The fourth-order valence-corrected chi connectivity index (χ4v) is 3.01. The molecule has 1 heterocycles. The highest BCUT2D eigenvalue weighted by atomic mass is 79.9. The van der Waals surface area contributed by atoms with Crippen LogP contribution in [0, 0.1) is 5.82 Å². The van der Waals surface area contributed by atoms with E-state index in [1.807, 2.05) is 0 Å². The molecule has 5 nitrogen and oxygen atoms in total. The lowest BCUT2D eigenvalue weighted by atomic mass is 10.2. The minimum atomic E-state index is -0.378. The van der Waals surface area contributed by atoms with Gasteiger partial charge < -0.3 is 14.5 Å². The Morgan fingerprint density at radius 1 is 1.23 bits per heavy atom. The summed E-state index contributed by atoms with van der Waals surface area (Å²) in [5.41, 5.74) is 0.698.